The third kappa shape index (κ3) is 6.37. The number of carbonyl (C=O) groups is 2. The smallest absolute Gasteiger partial charge is 0.475 e. The van der Waals surface area contributed by atoms with Gasteiger partial charge in [-0.1, -0.05) is 0 Å². The number of hydrogen-bond donors (Lipinski definition) is 1. The molecular formula is C19H25F5N4O4. The first-order valence-corrected chi connectivity index (χ1v) is 10.2. The van der Waals surface area contributed by atoms with Crippen LogP contribution >= 0.6 is 0 Å². The largest absolute Gasteiger partial charge is 0.490 e. The van der Waals surface area contributed by atoms with Gasteiger partial charge >= 0.3 is 12.1 Å². The average molecular weight is 468 g/mol. The number of halogens is 5. The monoisotopic (exact) mass is 468 g/mol. The molecule has 2 fully saturated rings. The van der Waals surface area contributed by atoms with Crippen molar-refractivity contribution in [3.8, 4) is 0 Å². The first kappa shape index (κ1) is 24.4. The molecule has 0 bridgehead atoms. The lowest BCUT2D eigenvalue weighted by atomic mass is 9.98. The van der Waals surface area contributed by atoms with Crippen molar-refractivity contribution >= 4 is 11.9 Å². The Morgan fingerprint density at radius 2 is 1.84 bits per heavy atom. The van der Waals surface area contributed by atoms with E-state index in [-0.39, 0.29) is 18.4 Å². The van der Waals surface area contributed by atoms with Crippen molar-refractivity contribution in [2.75, 3.05) is 39.4 Å². The second kappa shape index (κ2) is 9.69. The zero-order valence-electron chi connectivity index (χ0n) is 17.2. The van der Waals surface area contributed by atoms with E-state index in [1.165, 1.54) is 4.90 Å². The SMILES string of the molecule is O=C(CC1CN(CC2CCOCC2)Cc2ccnn21)N1CC(F)(F)C1.O=C(O)C(F)(F)F. The molecule has 3 aliphatic rings. The highest BCUT2D eigenvalue weighted by molar-refractivity contribution is 5.77. The minimum Gasteiger partial charge on any atom is -0.475 e. The molecule has 1 N–H and O–H groups in total. The van der Waals surface area contributed by atoms with E-state index in [2.05, 4.69) is 10.00 Å². The number of rotatable bonds is 4. The van der Waals surface area contributed by atoms with Gasteiger partial charge in [-0.2, -0.15) is 18.3 Å². The van der Waals surface area contributed by atoms with Gasteiger partial charge in [-0.3, -0.25) is 14.4 Å². The molecule has 2 saturated heterocycles. The summed E-state index contributed by atoms with van der Waals surface area (Å²) in [6.45, 7) is 3.29. The molecule has 32 heavy (non-hydrogen) atoms. The molecule has 0 aliphatic carbocycles. The summed E-state index contributed by atoms with van der Waals surface area (Å²) in [4.78, 5) is 24.8. The van der Waals surface area contributed by atoms with Gasteiger partial charge in [0.05, 0.1) is 31.2 Å². The Bertz CT molecular complexity index is 802. The van der Waals surface area contributed by atoms with Gasteiger partial charge in [0.1, 0.15) is 0 Å². The van der Waals surface area contributed by atoms with Gasteiger partial charge in [0.2, 0.25) is 5.91 Å². The number of carboxylic acid groups (broad SMARTS) is 1. The molecule has 1 unspecified atom stereocenters. The summed E-state index contributed by atoms with van der Waals surface area (Å²) in [7, 11) is 0. The van der Waals surface area contributed by atoms with Crippen LogP contribution in [-0.4, -0.2) is 88.1 Å². The van der Waals surface area contributed by atoms with Crippen LogP contribution in [-0.2, 0) is 20.9 Å². The molecule has 1 amide bonds. The van der Waals surface area contributed by atoms with E-state index in [4.69, 9.17) is 14.6 Å². The maximum Gasteiger partial charge on any atom is 0.490 e. The third-order valence-corrected chi connectivity index (χ3v) is 5.66. The first-order chi connectivity index (χ1) is 14.9. The Kier molecular flexibility index (Phi) is 7.38. The molecule has 1 aromatic rings. The van der Waals surface area contributed by atoms with Crippen molar-refractivity contribution < 1.29 is 41.4 Å². The summed E-state index contributed by atoms with van der Waals surface area (Å²) in [5, 5.41) is 11.5. The van der Waals surface area contributed by atoms with Crippen LogP contribution in [0, 0.1) is 5.92 Å². The predicted molar refractivity (Wildman–Crippen MR) is 99.9 cm³/mol. The fourth-order valence-electron chi connectivity index (χ4n) is 4.07. The molecule has 4 heterocycles. The van der Waals surface area contributed by atoms with Crippen LogP contribution in [0.25, 0.3) is 0 Å². The Hall–Kier alpha value is -2.28. The van der Waals surface area contributed by atoms with Crippen LogP contribution in [0.3, 0.4) is 0 Å². The number of ether oxygens (including phenoxy) is 1. The number of fused-ring (bicyclic) bond motifs is 1. The van der Waals surface area contributed by atoms with E-state index in [0.717, 1.165) is 51.4 Å². The number of carbonyl (C=O) groups excluding carboxylic acids is 1. The lowest BCUT2D eigenvalue weighted by Gasteiger charge is -2.41. The zero-order chi connectivity index (χ0) is 23.5. The predicted octanol–water partition coefficient (Wildman–Crippen LogP) is 2.17. The summed E-state index contributed by atoms with van der Waals surface area (Å²) in [6, 6.07) is 1.89. The van der Waals surface area contributed by atoms with Crippen molar-refractivity contribution in [3.05, 3.63) is 18.0 Å². The molecule has 1 aromatic heterocycles. The Morgan fingerprint density at radius 3 is 2.41 bits per heavy atom. The minimum absolute atomic E-state index is 0.0830. The van der Waals surface area contributed by atoms with Gasteiger partial charge in [-0.25, -0.2) is 13.6 Å². The van der Waals surface area contributed by atoms with Crippen LogP contribution < -0.4 is 0 Å². The topological polar surface area (TPSA) is 87.9 Å². The Labute approximate surface area is 180 Å². The van der Waals surface area contributed by atoms with Gasteiger partial charge in [-0.15, -0.1) is 0 Å². The molecule has 0 aromatic carbocycles. The second-order valence-corrected chi connectivity index (χ2v) is 8.28. The zero-order valence-corrected chi connectivity index (χ0v) is 17.2. The van der Waals surface area contributed by atoms with Gasteiger partial charge < -0.3 is 14.7 Å². The maximum atomic E-state index is 13.0. The molecule has 8 nitrogen and oxygen atoms in total. The van der Waals surface area contributed by atoms with Gasteiger partial charge in [-0.05, 0) is 24.8 Å². The fraction of sp³-hybridized carbons (Fsp3) is 0.737. The van der Waals surface area contributed by atoms with Gasteiger partial charge in [0.15, 0.2) is 0 Å². The highest BCUT2D eigenvalue weighted by atomic mass is 19.4. The average Bonchev–Trinajstić information content (AvgIpc) is 3.15. The van der Waals surface area contributed by atoms with Crippen LogP contribution in [0.1, 0.15) is 31.0 Å². The Balaban J connectivity index is 0.000000360. The van der Waals surface area contributed by atoms with E-state index in [1.807, 2.05) is 10.7 Å². The van der Waals surface area contributed by atoms with Gasteiger partial charge in [0.25, 0.3) is 5.92 Å². The Morgan fingerprint density at radius 1 is 1.22 bits per heavy atom. The highest BCUT2D eigenvalue weighted by Crippen LogP contribution is 2.30. The van der Waals surface area contributed by atoms with Crippen molar-refractivity contribution in [1.29, 1.82) is 0 Å². The molecule has 0 spiro atoms. The van der Waals surface area contributed by atoms with E-state index < -0.39 is 31.2 Å². The standard InChI is InChI=1S/C17H24F2N4O2.C2HF3O2/c18-17(19)11-22(12-17)16(24)7-15-10-21(8-13-2-5-25-6-3-13)9-14-1-4-20-23(14)15;3-2(4,5)1(6)7/h1,4,13,15H,2-3,5-12H2;(H,6,7). The van der Waals surface area contributed by atoms with Crippen molar-refractivity contribution in [2.45, 2.75) is 43.9 Å². The number of nitrogens with zero attached hydrogens (tertiary/aromatic N) is 4. The number of aliphatic carboxylic acids is 1. The van der Waals surface area contributed by atoms with E-state index in [9.17, 15) is 26.7 Å². The lowest BCUT2D eigenvalue weighted by molar-refractivity contribution is -0.192. The number of amides is 1. The van der Waals surface area contributed by atoms with Crippen LogP contribution in [0.4, 0.5) is 22.0 Å². The highest BCUT2D eigenvalue weighted by Gasteiger charge is 2.46. The molecule has 1 atom stereocenters. The van der Waals surface area contributed by atoms with E-state index in [1.54, 1.807) is 6.20 Å². The lowest BCUT2D eigenvalue weighted by Crippen LogP contribution is -2.59. The van der Waals surface area contributed by atoms with Crippen LogP contribution in [0.2, 0.25) is 0 Å². The van der Waals surface area contributed by atoms with Crippen molar-refractivity contribution in [2.24, 2.45) is 5.92 Å². The summed E-state index contributed by atoms with van der Waals surface area (Å²) in [6.07, 6.45) is -0.956. The molecule has 0 saturated carbocycles. The quantitative estimate of drug-likeness (QED) is 0.682. The van der Waals surface area contributed by atoms with Crippen LogP contribution in [0.15, 0.2) is 12.3 Å². The van der Waals surface area contributed by atoms with Crippen molar-refractivity contribution in [3.63, 3.8) is 0 Å². The van der Waals surface area contributed by atoms with E-state index in [0.29, 0.717) is 5.92 Å². The summed E-state index contributed by atoms with van der Waals surface area (Å²) in [5.74, 6) is -5.06. The maximum absolute atomic E-state index is 13.0. The first-order valence-electron chi connectivity index (χ1n) is 10.2. The molecule has 3 aliphatic heterocycles. The normalized spacial score (nSPS) is 23.5. The summed E-state index contributed by atoms with van der Waals surface area (Å²) < 4.78 is 65.1. The molecule has 0 radical (unpaired) electrons. The van der Waals surface area contributed by atoms with Crippen LogP contribution in [0.5, 0.6) is 0 Å². The molecule has 4 rings (SSSR count). The minimum atomic E-state index is -5.08. The third-order valence-electron chi connectivity index (χ3n) is 5.66. The number of hydrogen-bond acceptors (Lipinski definition) is 5. The van der Waals surface area contributed by atoms with Gasteiger partial charge in [0, 0.05) is 39.0 Å². The number of carboxylic acids is 1. The summed E-state index contributed by atoms with van der Waals surface area (Å²) >= 11 is 0. The molecule has 13 heteroatoms. The molecule has 180 valence electrons. The summed E-state index contributed by atoms with van der Waals surface area (Å²) in [5.41, 5.74) is 1.09. The number of likely N-dealkylation sites (tertiary alicyclic amines) is 1. The fourth-order valence-corrected chi connectivity index (χ4v) is 4.07. The second-order valence-electron chi connectivity index (χ2n) is 8.28. The van der Waals surface area contributed by atoms with Crippen molar-refractivity contribution in [1.82, 2.24) is 19.6 Å². The number of alkyl halides is 5. The molecular weight excluding hydrogens is 443 g/mol. The number of aromatic nitrogens is 2. The van der Waals surface area contributed by atoms with E-state index >= 15 is 0 Å².